The third-order valence-corrected chi connectivity index (χ3v) is 6.38. The van der Waals surface area contributed by atoms with Crippen LogP contribution in [-0.2, 0) is 17.1 Å². The van der Waals surface area contributed by atoms with Gasteiger partial charge in [-0.25, -0.2) is 13.4 Å². The number of sulfonamides is 1. The zero-order chi connectivity index (χ0) is 18.0. The molecule has 0 spiro atoms. The van der Waals surface area contributed by atoms with Gasteiger partial charge in [0.05, 0.1) is 6.33 Å². The highest BCUT2D eigenvalue weighted by molar-refractivity contribution is 9.10. The number of hydrogen-bond acceptors (Lipinski definition) is 4. The maximum Gasteiger partial charge on any atom is 0.262 e. The Morgan fingerprint density at radius 1 is 1.20 bits per heavy atom. The minimum atomic E-state index is -3.63. The number of aromatic nitrogens is 2. The van der Waals surface area contributed by atoms with Gasteiger partial charge >= 0.3 is 0 Å². The van der Waals surface area contributed by atoms with E-state index in [1.807, 2.05) is 12.1 Å². The van der Waals surface area contributed by atoms with Gasteiger partial charge in [0, 0.05) is 49.5 Å². The van der Waals surface area contributed by atoms with Gasteiger partial charge in [-0.05, 0) is 24.6 Å². The van der Waals surface area contributed by atoms with Crippen LogP contribution in [0.4, 0.5) is 0 Å². The molecule has 1 aliphatic heterocycles. The van der Waals surface area contributed by atoms with Crippen molar-refractivity contribution in [3.8, 4) is 0 Å². The fourth-order valence-corrected chi connectivity index (χ4v) is 4.63. The van der Waals surface area contributed by atoms with Crippen LogP contribution in [0, 0.1) is 0 Å². The van der Waals surface area contributed by atoms with Crippen molar-refractivity contribution in [2.75, 3.05) is 26.2 Å². The van der Waals surface area contributed by atoms with Crippen LogP contribution in [-0.4, -0.2) is 59.3 Å². The van der Waals surface area contributed by atoms with Gasteiger partial charge in [-0.1, -0.05) is 22.0 Å². The van der Waals surface area contributed by atoms with Crippen LogP contribution in [0.25, 0.3) is 0 Å². The Morgan fingerprint density at radius 3 is 2.68 bits per heavy atom. The molecule has 1 fully saturated rings. The smallest absolute Gasteiger partial charge is 0.262 e. The first kappa shape index (κ1) is 18.1. The summed E-state index contributed by atoms with van der Waals surface area (Å²) < 4.78 is 29.2. The molecule has 0 aliphatic carbocycles. The van der Waals surface area contributed by atoms with Crippen molar-refractivity contribution < 1.29 is 13.2 Å². The summed E-state index contributed by atoms with van der Waals surface area (Å²) in [5.41, 5.74) is 0.593. The van der Waals surface area contributed by atoms with Crippen LogP contribution >= 0.6 is 15.9 Å². The molecule has 1 aliphatic rings. The van der Waals surface area contributed by atoms with Crippen LogP contribution in [0.2, 0.25) is 0 Å². The molecular formula is C16H19BrN4O3S. The van der Waals surface area contributed by atoms with E-state index < -0.39 is 10.0 Å². The first-order valence-corrected chi connectivity index (χ1v) is 10.1. The number of benzene rings is 1. The lowest BCUT2D eigenvalue weighted by Crippen LogP contribution is -2.37. The summed E-state index contributed by atoms with van der Waals surface area (Å²) in [6, 6.07) is 7.21. The number of imidazole rings is 1. The Labute approximate surface area is 155 Å². The van der Waals surface area contributed by atoms with Gasteiger partial charge in [-0.15, -0.1) is 0 Å². The maximum absolute atomic E-state index is 12.7. The standard InChI is InChI=1S/C16H19BrN4O3S/c1-19-11-15(18-12-19)25(23,24)21-7-3-6-20(8-9-21)16(22)13-4-2-5-14(17)10-13/h2,4-5,10-12H,3,6-9H2,1H3. The van der Waals surface area contributed by atoms with Crippen molar-refractivity contribution in [2.45, 2.75) is 11.4 Å². The van der Waals surface area contributed by atoms with E-state index in [9.17, 15) is 13.2 Å². The summed E-state index contributed by atoms with van der Waals surface area (Å²) in [7, 11) is -1.90. The van der Waals surface area contributed by atoms with Gasteiger partial charge < -0.3 is 9.47 Å². The van der Waals surface area contributed by atoms with Crippen LogP contribution in [0.1, 0.15) is 16.8 Å². The van der Waals surface area contributed by atoms with Gasteiger partial charge in [-0.2, -0.15) is 4.31 Å². The summed E-state index contributed by atoms with van der Waals surface area (Å²) in [5.74, 6) is -0.0848. The second kappa shape index (κ2) is 7.27. The van der Waals surface area contributed by atoms with Crippen LogP contribution < -0.4 is 0 Å². The Morgan fingerprint density at radius 2 is 2.00 bits per heavy atom. The van der Waals surface area contributed by atoms with E-state index in [0.29, 0.717) is 31.6 Å². The summed E-state index contributed by atoms with van der Waals surface area (Å²) in [5, 5.41) is 0.0433. The first-order chi connectivity index (χ1) is 11.9. The molecule has 9 heteroatoms. The third kappa shape index (κ3) is 3.94. The molecular weight excluding hydrogens is 408 g/mol. The molecule has 0 N–H and O–H groups in total. The molecule has 0 bridgehead atoms. The zero-order valence-corrected chi connectivity index (χ0v) is 16.2. The third-order valence-electron chi connectivity index (χ3n) is 4.10. The van der Waals surface area contributed by atoms with Gasteiger partial charge in [0.15, 0.2) is 5.03 Å². The number of carbonyl (C=O) groups is 1. The minimum Gasteiger partial charge on any atom is -0.339 e. The number of nitrogens with zero attached hydrogens (tertiary/aromatic N) is 4. The Bertz CT molecular complexity index is 881. The molecule has 1 aromatic heterocycles. The number of halogens is 1. The Kier molecular flexibility index (Phi) is 5.26. The van der Waals surface area contributed by atoms with Crippen LogP contribution in [0.5, 0.6) is 0 Å². The van der Waals surface area contributed by atoms with Crippen LogP contribution in [0.3, 0.4) is 0 Å². The fraction of sp³-hybridized carbons (Fsp3) is 0.375. The van der Waals surface area contributed by atoms with Crippen molar-refractivity contribution in [3.63, 3.8) is 0 Å². The van der Waals surface area contributed by atoms with Crippen molar-refractivity contribution >= 4 is 31.9 Å². The largest absolute Gasteiger partial charge is 0.339 e. The molecule has 7 nitrogen and oxygen atoms in total. The highest BCUT2D eigenvalue weighted by Gasteiger charge is 2.30. The fourth-order valence-electron chi connectivity index (χ4n) is 2.80. The van der Waals surface area contributed by atoms with Gasteiger partial charge in [-0.3, -0.25) is 4.79 Å². The highest BCUT2D eigenvalue weighted by Crippen LogP contribution is 2.18. The molecule has 2 aromatic rings. The highest BCUT2D eigenvalue weighted by atomic mass is 79.9. The Balaban J connectivity index is 1.73. The lowest BCUT2D eigenvalue weighted by Gasteiger charge is -2.21. The van der Waals surface area contributed by atoms with E-state index >= 15 is 0 Å². The number of amides is 1. The van der Waals surface area contributed by atoms with Gasteiger partial charge in [0.25, 0.3) is 15.9 Å². The second-order valence-corrected chi connectivity index (χ2v) is 8.74. The van der Waals surface area contributed by atoms with Crippen molar-refractivity contribution in [1.82, 2.24) is 18.8 Å². The molecule has 25 heavy (non-hydrogen) atoms. The van der Waals surface area contributed by atoms with E-state index in [4.69, 9.17) is 0 Å². The van der Waals surface area contributed by atoms with Crippen molar-refractivity contribution in [1.29, 1.82) is 0 Å². The number of aryl methyl sites for hydroxylation is 1. The molecule has 2 heterocycles. The van der Waals surface area contributed by atoms with Crippen molar-refractivity contribution in [2.24, 2.45) is 7.05 Å². The predicted octanol–water partition coefficient (Wildman–Crippen LogP) is 1.72. The lowest BCUT2D eigenvalue weighted by molar-refractivity contribution is 0.0764. The topological polar surface area (TPSA) is 75.5 Å². The molecule has 0 saturated carbocycles. The summed E-state index contributed by atoms with van der Waals surface area (Å²) in [6.45, 7) is 1.52. The van der Waals surface area contributed by atoms with E-state index in [1.54, 1.807) is 28.6 Å². The molecule has 1 aromatic carbocycles. The molecule has 3 rings (SSSR count). The van der Waals surface area contributed by atoms with Crippen LogP contribution in [0.15, 0.2) is 46.3 Å². The number of hydrogen-bond donors (Lipinski definition) is 0. The summed E-state index contributed by atoms with van der Waals surface area (Å²) >= 11 is 3.37. The van der Waals surface area contributed by atoms with Gasteiger partial charge in [0.2, 0.25) is 0 Å². The van der Waals surface area contributed by atoms with E-state index in [2.05, 4.69) is 20.9 Å². The average molecular weight is 427 g/mol. The number of rotatable bonds is 3. The molecule has 0 unspecified atom stereocenters. The average Bonchev–Trinajstić information content (AvgIpc) is 2.87. The second-order valence-electron chi connectivity index (χ2n) is 5.94. The molecule has 0 atom stereocenters. The molecule has 1 amide bonds. The first-order valence-electron chi connectivity index (χ1n) is 7.91. The van der Waals surface area contributed by atoms with Gasteiger partial charge in [0.1, 0.15) is 0 Å². The molecule has 0 radical (unpaired) electrons. The summed E-state index contributed by atoms with van der Waals surface area (Å²) in [4.78, 5) is 18.3. The lowest BCUT2D eigenvalue weighted by atomic mass is 10.2. The maximum atomic E-state index is 12.7. The SMILES string of the molecule is Cn1cnc(S(=O)(=O)N2CCCN(C(=O)c3cccc(Br)c3)CC2)c1. The zero-order valence-electron chi connectivity index (χ0n) is 13.8. The molecule has 134 valence electrons. The quantitative estimate of drug-likeness (QED) is 0.748. The predicted molar refractivity (Wildman–Crippen MR) is 96.6 cm³/mol. The molecule has 1 saturated heterocycles. The summed E-state index contributed by atoms with van der Waals surface area (Å²) in [6.07, 6.45) is 3.55. The van der Waals surface area contributed by atoms with E-state index in [1.165, 1.54) is 16.8 Å². The van der Waals surface area contributed by atoms with Crippen molar-refractivity contribution in [3.05, 3.63) is 46.8 Å². The normalized spacial score (nSPS) is 16.6. The number of carbonyl (C=O) groups excluding carboxylic acids is 1. The monoisotopic (exact) mass is 426 g/mol. The van der Waals surface area contributed by atoms with E-state index in [0.717, 1.165) is 4.47 Å². The Hall–Kier alpha value is -1.71. The minimum absolute atomic E-state index is 0.0433. The van der Waals surface area contributed by atoms with E-state index in [-0.39, 0.29) is 17.5 Å².